The molecule has 3 fully saturated rings. The fourth-order valence-electron chi connectivity index (χ4n) is 4.69. The maximum atomic E-state index is 12.8. The van der Waals surface area contributed by atoms with E-state index in [4.69, 9.17) is 9.47 Å². The zero-order valence-corrected chi connectivity index (χ0v) is 15.6. The lowest BCUT2D eigenvalue weighted by atomic mass is 10.0. The molecular weight excluding hydrogens is 304 g/mol. The molecule has 3 aliphatic heterocycles. The molecule has 5 nitrogen and oxygen atoms in total. The minimum absolute atomic E-state index is 0.150. The fraction of sp³-hybridized carbons (Fsp3) is 0.947. The summed E-state index contributed by atoms with van der Waals surface area (Å²) in [6.45, 7) is 9.67. The average Bonchev–Trinajstić information content (AvgIpc) is 3.22. The predicted octanol–water partition coefficient (Wildman–Crippen LogP) is 2.43. The minimum Gasteiger partial charge on any atom is -0.376 e. The van der Waals surface area contributed by atoms with Crippen LogP contribution in [0.15, 0.2) is 0 Å². The van der Waals surface area contributed by atoms with E-state index >= 15 is 0 Å². The van der Waals surface area contributed by atoms with Crippen molar-refractivity contribution in [2.45, 2.75) is 89.6 Å². The lowest BCUT2D eigenvalue weighted by Crippen LogP contribution is -2.54. The maximum absolute atomic E-state index is 12.8. The van der Waals surface area contributed by atoms with E-state index in [0.717, 1.165) is 39.0 Å². The van der Waals surface area contributed by atoms with Crippen molar-refractivity contribution in [2.75, 3.05) is 26.3 Å². The van der Waals surface area contributed by atoms with Crippen LogP contribution in [0.4, 0.5) is 0 Å². The summed E-state index contributed by atoms with van der Waals surface area (Å²) in [5.41, 5.74) is 0. The highest BCUT2D eigenvalue weighted by Crippen LogP contribution is 2.30. The zero-order chi connectivity index (χ0) is 17.1. The molecule has 0 radical (unpaired) electrons. The van der Waals surface area contributed by atoms with Crippen molar-refractivity contribution < 1.29 is 14.3 Å². The van der Waals surface area contributed by atoms with Crippen LogP contribution in [-0.2, 0) is 14.3 Å². The lowest BCUT2D eigenvalue weighted by molar-refractivity contribution is -0.147. The van der Waals surface area contributed by atoms with Gasteiger partial charge in [-0.2, -0.15) is 0 Å². The molecule has 0 aliphatic carbocycles. The molecule has 3 heterocycles. The standard InChI is InChI=1S/C19H34N2O3/c1-14-8-9-15(2)21(14)17-6-4-10-20(12-17)19(22)16(3)24-13-18-7-5-11-23-18/h14-18H,4-13H2,1-3H3. The number of hydrogen-bond acceptors (Lipinski definition) is 4. The van der Waals surface area contributed by atoms with Gasteiger partial charge in [-0.05, 0) is 59.3 Å². The number of likely N-dealkylation sites (tertiary alicyclic amines) is 2. The van der Waals surface area contributed by atoms with Gasteiger partial charge < -0.3 is 14.4 Å². The summed E-state index contributed by atoms with van der Waals surface area (Å²) < 4.78 is 11.4. The average molecular weight is 338 g/mol. The number of piperidine rings is 1. The number of amides is 1. The Kier molecular flexibility index (Phi) is 6.17. The van der Waals surface area contributed by atoms with Crippen molar-refractivity contribution in [1.29, 1.82) is 0 Å². The van der Waals surface area contributed by atoms with E-state index in [1.165, 1.54) is 19.3 Å². The van der Waals surface area contributed by atoms with Gasteiger partial charge in [0.05, 0.1) is 12.7 Å². The van der Waals surface area contributed by atoms with E-state index in [1.807, 2.05) is 11.8 Å². The van der Waals surface area contributed by atoms with Crippen molar-refractivity contribution in [3.63, 3.8) is 0 Å². The molecule has 0 saturated carbocycles. The molecule has 0 bridgehead atoms. The van der Waals surface area contributed by atoms with E-state index in [1.54, 1.807) is 0 Å². The number of carbonyl (C=O) groups is 1. The second-order valence-corrected chi connectivity index (χ2v) is 7.91. The van der Waals surface area contributed by atoms with Gasteiger partial charge in [0.15, 0.2) is 0 Å². The Hall–Kier alpha value is -0.650. The lowest BCUT2D eigenvalue weighted by Gasteiger charge is -2.42. The summed E-state index contributed by atoms with van der Waals surface area (Å²) in [4.78, 5) is 17.5. The molecule has 1 amide bonds. The van der Waals surface area contributed by atoms with Gasteiger partial charge in [-0.1, -0.05) is 0 Å². The molecule has 0 aromatic heterocycles. The van der Waals surface area contributed by atoms with Gasteiger partial charge in [0.1, 0.15) is 6.10 Å². The molecule has 5 atom stereocenters. The minimum atomic E-state index is -0.360. The zero-order valence-electron chi connectivity index (χ0n) is 15.6. The third kappa shape index (κ3) is 4.12. The Balaban J connectivity index is 1.50. The van der Waals surface area contributed by atoms with Crippen molar-refractivity contribution in [2.24, 2.45) is 0 Å². The third-order valence-electron chi connectivity index (χ3n) is 6.05. The molecule has 3 rings (SSSR count). The fourth-order valence-corrected chi connectivity index (χ4v) is 4.69. The number of carbonyl (C=O) groups excluding carboxylic acids is 1. The normalized spacial score (nSPS) is 36.2. The molecule has 0 aromatic carbocycles. The van der Waals surface area contributed by atoms with Crippen LogP contribution in [0.5, 0.6) is 0 Å². The van der Waals surface area contributed by atoms with E-state index < -0.39 is 0 Å². The van der Waals surface area contributed by atoms with Crippen LogP contribution >= 0.6 is 0 Å². The largest absolute Gasteiger partial charge is 0.376 e. The first kappa shape index (κ1) is 18.2. The second-order valence-electron chi connectivity index (χ2n) is 7.91. The smallest absolute Gasteiger partial charge is 0.251 e. The first-order valence-electron chi connectivity index (χ1n) is 9.85. The molecule has 3 aliphatic rings. The SMILES string of the molecule is CC(OCC1CCCO1)C(=O)N1CCCC(N2C(C)CCC2C)C1. The molecule has 3 saturated heterocycles. The summed E-state index contributed by atoms with van der Waals surface area (Å²) >= 11 is 0. The summed E-state index contributed by atoms with van der Waals surface area (Å²) in [6.07, 6.45) is 6.86. The topological polar surface area (TPSA) is 42.0 Å². The van der Waals surface area contributed by atoms with Crippen LogP contribution in [-0.4, -0.2) is 72.3 Å². The van der Waals surface area contributed by atoms with Gasteiger partial charge in [0, 0.05) is 37.8 Å². The van der Waals surface area contributed by atoms with Crippen LogP contribution in [0.1, 0.15) is 59.3 Å². The monoisotopic (exact) mass is 338 g/mol. The van der Waals surface area contributed by atoms with Crippen molar-refractivity contribution in [1.82, 2.24) is 9.80 Å². The van der Waals surface area contributed by atoms with E-state index in [2.05, 4.69) is 18.7 Å². The first-order valence-corrected chi connectivity index (χ1v) is 9.85. The van der Waals surface area contributed by atoms with Crippen LogP contribution in [0.3, 0.4) is 0 Å². The molecular formula is C19H34N2O3. The van der Waals surface area contributed by atoms with Crippen molar-refractivity contribution >= 4 is 5.91 Å². The highest BCUT2D eigenvalue weighted by atomic mass is 16.5. The Bertz CT molecular complexity index is 415. The summed E-state index contributed by atoms with van der Waals surface area (Å²) in [7, 11) is 0. The number of rotatable bonds is 5. The summed E-state index contributed by atoms with van der Waals surface area (Å²) in [5.74, 6) is 0.150. The highest BCUT2D eigenvalue weighted by molar-refractivity contribution is 5.80. The molecule has 5 heteroatoms. The Labute approximate surface area is 146 Å². The van der Waals surface area contributed by atoms with Crippen LogP contribution in [0.25, 0.3) is 0 Å². The van der Waals surface area contributed by atoms with E-state index in [9.17, 15) is 4.79 Å². The molecule has 24 heavy (non-hydrogen) atoms. The summed E-state index contributed by atoms with van der Waals surface area (Å²) in [6, 6.07) is 1.81. The van der Waals surface area contributed by atoms with Gasteiger partial charge in [-0.25, -0.2) is 0 Å². The number of nitrogens with zero attached hydrogens (tertiary/aromatic N) is 2. The van der Waals surface area contributed by atoms with Gasteiger partial charge in [-0.15, -0.1) is 0 Å². The van der Waals surface area contributed by atoms with Gasteiger partial charge in [0.2, 0.25) is 0 Å². The first-order chi connectivity index (χ1) is 11.6. The van der Waals surface area contributed by atoms with Crippen molar-refractivity contribution in [3.05, 3.63) is 0 Å². The Morgan fingerprint density at radius 3 is 2.58 bits per heavy atom. The summed E-state index contributed by atoms with van der Waals surface area (Å²) in [5, 5.41) is 0. The van der Waals surface area contributed by atoms with Crippen molar-refractivity contribution in [3.8, 4) is 0 Å². The van der Waals surface area contributed by atoms with Gasteiger partial charge >= 0.3 is 0 Å². The van der Waals surface area contributed by atoms with Crippen LogP contribution < -0.4 is 0 Å². The van der Waals surface area contributed by atoms with E-state index in [0.29, 0.717) is 24.7 Å². The Morgan fingerprint density at radius 1 is 1.17 bits per heavy atom. The number of ether oxygens (including phenoxy) is 2. The highest BCUT2D eigenvalue weighted by Gasteiger charge is 2.37. The molecule has 0 aromatic rings. The molecule has 0 spiro atoms. The molecule has 138 valence electrons. The predicted molar refractivity (Wildman–Crippen MR) is 94.0 cm³/mol. The van der Waals surface area contributed by atoms with Crippen LogP contribution in [0, 0.1) is 0 Å². The Morgan fingerprint density at radius 2 is 1.92 bits per heavy atom. The van der Waals surface area contributed by atoms with Gasteiger partial charge in [-0.3, -0.25) is 9.69 Å². The molecule has 5 unspecified atom stereocenters. The molecule has 0 N–H and O–H groups in total. The maximum Gasteiger partial charge on any atom is 0.251 e. The second kappa shape index (κ2) is 8.15. The van der Waals surface area contributed by atoms with Gasteiger partial charge in [0.25, 0.3) is 5.91 Å². The van der Waals surface area contributed by atoms with E-state index in [-0.39, 0.29) is 18.1 Å². The quantitative estimate of drug-likeness (QED) is 0.772. The third-order valence-corrected chi connectivity index (χ3v) is 6.05. The van der Waals surface area contributed by atoms with Crippen LogP contribution in [0.2, 0.25) is 0 Å². The number of hydrogen-bond donors (Lipinski definition) is 0.